The van der Waals surface area contributed by atoms with Crippen LogP contribution in [0.2, 0.25) is 0 Å². The number of hydrogen-bond acceptors (Lipinski definition) is 4. The maximum atomic E-state index is 12.0. The second-order valence-electron chi connectivity index (χ2n) is 4.39. The molecule has 1 aromatic carbocycles. The highest BCUT2D eigenvalue weighted by molar-refractivity contribution is 7.13. The quantitative estimate of drug-likeness (QED) is 0.906. The molecule has 1 atom stereocenters. The van der Waals surface area contributed by atoms with E-state index in [0.29, 0.717) is 10.7 Å². The van der Waals surface area contributed by atoms with Crippen molar-refractivity contribution in [3.63, 3.8) is 0 Å². The van der Waals surface area contributed by atoms with Crippen LogP contribution in [-0.2, 0) is 4.79 Å². The van der Waals surface area contributed by atoms with Crippen molar-refractivity contribution in [2.75, 3.05) is 5.32 Å². The fraction of sp³-hybridized carbons (Fsp3) is 0.214. The first-order valence-corrected chi connectivity index (χ1v) is 7.02. The average molecular weight is 289 g/mol. The van der Waals surface area contributed by atoms with Crippen LogP contribution in [0.4, 0.5) is 5.13 Å². The Kier molecular flexibility index (Phi) is 4.47. The van der Waals surface area contributed by atoms with Crippen molar-refractivity contribution in [1.29, 1.82) is 0 Å². The Morgan fingerprint density at radius 2 is 2.15 bits per heavy atom. The fourth-order valence-electron chi connectivity index (χ4n) is 1.63. The van der Waals surface area contributed by atoms with Crippen LogP contribution in [0, 0.1) is 6.92 Å². The Morgan fingerprint density at radius 3 is 2.80 bits per heavy atom. The lowest BCUT2D eigenvalue weighted by Gasteiger charge is -2.13. The average Bonchev–Trinajstić information content (AvgIpc) is 2.91. The number of rotatable bonds is 4. The van der Waals surface area contributed by atoms with Crippen molar-refractivity contribution in [3.05, 3.63) is 47.0 Å². The van der Waals surface area contributed by atoms with E-state index in [9.17, 15) is 9.59 Å². The number of nitrogens with zero attached hydrogens (tertiary/aromatic N) is 1. The minimum absolute atomic E-state index is 0.268. The second-order valence-corrected chi connectivity index (χ2v) is 5.29. The minimum Gasteiger partial charge on any atom is -0.341 e. The highest BCUT2D eigenvalue weighted by atomic mass is 32.1. The summed E-state index contributed by atoms with van der Waals surface area (Å²) in [6, 6.07) is 6.58. The Labute approximate surface area is 121 Å². The maximum absolute atomic E-state index is 12.0. The lowest BCUT2D eigenvalue weighted by atomic mass is 10.1. The van der Waals surface area contributed by atoms with E-state index in [-0.39, 0.29) is 11.8 Å². The molecule has 0 saturated heterocycles. The molecule has 104 valence electrons. The van der Waals surface area contributed by atoms with E-state index >= 15 is 0 Å². The lowest BCUT2D eigenvalue weighted by Crippen LogP contribution is -2.41. The van der Waals surface area contributed by atoms with Gasteiger partial charge in [0.1, 0.15) is 6.04 Å². The standard InChI is InChI=1S/C14H15N3O2S/c1-9-4-3-5-11(8-9)13(19)16-10(2)12(18)17-14-15-6-7-20-14/h3-8,10H,1-2H3,(H,16,19)(H,15,17,18). The van der Waals surface area contributed by atoms with Gasteiger partial charge >= 0.3 is 0 Å². The van der Waals surface area contributed by atoms with Crippen LogP contribution >= 0.6 is 11.3 Å². The van der Waals surface area contributed by atoms with Crippen LogP contribution in [0.25, 0.3) is 0 Å². The van der Waals surface area contributed by atoms with E-state index in [1.54, 1.807) is 30.6 Å². The zero-order valence-corrected chi connectivity index (χ0v) is 12.0. The molecule has 5 nitrogen and oxygen atoms in total. The molecule has 6 heteroatoms. The van der Waals surface area contributed by atoms with Gasteiger partial charge in [-0.25, -0.2) is 4.98 Å². The van der Waals surface area contributed by atoms with Gasteiger partial charge in [0.2, 0.25) is 5.91 Å². The van der Waals surface area contributed by atoms with E-state index in [1.807, 2.05) is 19.1 Å². The van der Waals surface area contributed by atoms with Crippen molar-refractivity contribution >= 4 is 28.3 Å². The number of hydrogen-bond donors (Lipinski definition) is 2. The van der Waals surface area contributed by atoms with Gasteiger partial charge in [0.05, 0.1) is 0 Å². The number of aromatic nitrogens is 1. The smallest absolute Gasteiger partial charge is 0.251 e. The third kappa shape index (κ3) is 3.64. The number of carbonyl (C=O) groups is 2. The monoisotopic (exact) mass is 289 g/mol. The molecule has 1 unspecified atom stereocenters. The van der Waals surface area contributed by atoms with E-state index in [1.165, 1.54) is 11.3 Å². The molecule has 0 fully saturated rings. The largest absolute Gasteiger partial charge is 0.341 e. The molecule has 0 spiro atoms. The van der Waals surface area contributed by atoms with Crippen molar-refractivity contribution in [2.45, 2.75) is 19.9 Å². The third-order valence-electron chi connectivity index (χ3n) is 2.68. The Morgan fingerprint density at radius 1 is 1.35 bits per heavy atom. The van der Waals surface area contributed by atoms with Crippen LogP contribution in [0.5, 0.6) is 0 Å². The summed E-state index contributed by atoms with van der Waals surface area (Å²) in [6.45, 7) is 3.55. The van der Waals surface area contributed by atoms with Gasteiger partial charge in [-0.3, -0.25) is 9.59 Å². The first-order chi connectivity index (χ1) is 9.56. The summed E-state index contributed by atoms with van der Waals surface area (Å²) in [6.07, 6.45) is 1.61. The molecule has 1 aromatic heterocycles. The van der Waals surface area contributed by atoms with Gasteiger partial charge in [0, 0.05) is 17.1 Å². The van der Waals surface area contributed by atoms with E-state index in [2.05, 4.69) is 15.6 Å². The van der Waals surface area contributed by atoms with Crippen molar-refractivity contribution in [3.8, 4) is 0 Å². The predicted octanol–water partition coefficient (Wildman–Crippen LogP) is 2.21. The van der Waals surface area contributed by atoms with Crippen LogP contribution in [0.3, 0.4) is 0 Å². The molecule has 2 N–H and O–H groups in total. The van der Waals surface area contributed by atoms with Gasteiger partial charge in [0.15, 0.2) is 5.13 Å². The van der Waals surface area contributed by atoms with Crippen molar-refractivity contribution in [2.24, 2.45) is 0 Å². The van der Waals surface area contributed by atoms with Gasteiger partial charge < -0.3 is 10.6 Å². The molecule has 0 aliphatic rings. The van der Waals surface area contributed by atoms with E-state index in [0.717, 1.165) is 5.56 Å². The first kappa shape index (κ1) is 14.2. The first-order valence-electron chi connectivity index (χ1n) is 6.14. The number of anilines is 1. The van der Waals surface area contributed by atoms with Crippen molar-refractivity contribution < 1.29 is 9.59 Å². The van der Waals surface area contributed by atoms with Crippen LogP contribution < -0.4 is 10.6 Å². The van der Waals surface area contributed by atoms with Gasteiger partial charge in [-0.2, -0.15) is 0 Å². The molecule has 0 aliphatic carbocycles. The summed E-state index contributed by atoms with van der Waals surface area (Å²) in [4.78, 5) is 27.9. The highest BCUT2D eigenvalue weighted by Gasteiger charge is 2.17. The SMILES string of the molecule is Cc1cccc(C(=O)NC(C)C(=O)Nc2nccs2)c1. The predicted molar refractivity (Wildman–Crippen MR) is 78.9 cm³/mol. The number of nitrogens with one attached hydrogen (secondary N) is 2. The van der Waals surface area contributed by atoms with Gasteiger partial charge in [-0.05, 0) is 26.0 Å². The summed E-state index contributed by atoms with van der Waals surface area (Å²) in [5.41, 5.74) is 1.54. The van der Waals surface area contributed by atoms with Gasteiger partial charge in [-0.1, -0.05) is 17.7 Å². The maximum Gasteiger partial charge on any atom is 0.251 e. The summed E-state index contributed by atoms with van der Waals surface area (Å²) in [7, 11) is 0. The third-order valence-corrected chi connectivity index (χ3v) is 3.37. The number of carbonyl (C=O) groups excluding carboxylic acids is 2. The van der Waals surface area contributed by atoms with E-state index in [4.69, 9.17) is 0 Å². The summed E-state index contributed by atoms with van der Waals surface area (Å²) in [5, 5.41) is 7.59. The fourth-order valence-corrected chi connectivity index (χ4v) is 2.16. The number of amides is 2. The van der Waals surface area contributed by atoms with Gasteiger partial charge in [-0.15, -0.1) is 11.3 Å². The summed E-state index contributed by atoms with van der Waals surface area (Å²) in [5.74, 6) is -0.559. The van der Waals surface area contributed by atoms with Crippen LogP contribution in [-0.4, -0.2) is 22.8 Å². The molecule has 0 aliphatic heterocycles. The zero-order chi connectivity index (χ0) is 14.5. The number of aryl methyl sites for hydroxylation is 1. The normalized spacial score (nSPS) is 11.7. The molecule has 0 radical (unpaired) electrons. The molecular weight excluding hydrogens is 274 g/mol. The molecule has 0 bridgehead atoms. The number of benzene rings is 1. The zero-order valence-electron chi connectivity index (χ0n) is 11.2. The Bertz CT molecular complexity index is 611. The summed E-state index contributed by atoms with van der Waals surface area (Å²) >= 11 is 1.33. The summed E-state index contributed by atoms with van der Waals surface area (Å²) < 4.78 is 0. The lowest BCUT2D eigenvalue weighted by molar-refractivity contribution is -0.117. The second kappa shape index (κ2) is 6.29. The number of thiazole rings is 1. The molecule has 0 saturated carbocycles. The molecule has 2 aromatic rings. The topological polar surface area (TPSA) is 71.1 Å². The highest BCUT2D eigenvalue weighted by Crippen LogP contribution is 2.10. The molecule has 20 heavy (non-hydrogen) atoms. The minimum atomic E-state index is -0.632. The molecule has 2 amide bonds. The Hall–Kier alpha value is -2.21. The van der Waals surface area contributed by atoms with Crippen LogP contribution in [0.1, 0.15) is 22.8 Å². The molecular formula is C14H15N3O2S. The Balaban J connectivity index is 1.95. The van der Waals surface area contributed by atoms with Crippen LogP contribution in [0.15, 0.2) is 35.8 Å². The molecule has 2 rings (SSSR count). The van der Waals surface area contributed by atoms with Gasteiger partial charge in [0.25, 0.3) is 5.91 Å². The van der Waals surface area contributed by atoms with E-state index < -0.39 is 6.04 Å². The molecule has 1 heterocycles. The van der Waals surface area contributed by atoms with Crippen molar-refractivity contribution in [1.82, 2.24) is 10.3 Å².